The largest absolute Gasteiger partial charge is 0.502 e. The average Bonchev–Trinajstić information content (AvgIpc) is 2.77. The minimum atomic E-state index is -0.850. The van der Waals surface area contributed by atoms with Crippen LogP contribution < -0.4 is 29.3 Å². The van der Waals surface area contributed by atoms with Crippen LogP contribution in [0.5, 0.6) is 34.5 Å². The predicted molar refractivity (Wildman–Crippen MR) is 105 cm³/mol. The summed E-state index contributed by atoms with van der Waals surface area (Å²) in [6.45, 7) is -0.397. The molecule has 2 heterocycles. The Kier molecular flexibility index (Phi) is 5.04. The number of phenols is 1. The van der Waals surface area contributed by atoms with Gasteiger partial charge in [0.15, 0.2) is 35.0 Å². The molecule has 1 aromatic heterocycles. The summed E-state index contributed by atoms with van der Waals surface area (Å²) in [6.07, 6.45) is -1.65. The summed E-state index contributed by atoms with van der Waals surface area (Å²) >= 11 is 0. The molecule has 0 radical (unpaired) electrons. The lowest BCUT2D eigenvalue weighted by Gasteiger charge is -2.34. The van der Waals surface area contributed by atoms with E-state index in [1.807, 2.05) is 0 Å². The molecule has 2 atom stereocenters. The molecule has 0 spiro atoms. The number of ether oxygens (including phenoxy) is 5. The highest BCUT2D eigenvalue weighted by Gasteiger charge is 2.37. The van der Waals surface area contributed by atoms with Crippen LogP contribution in [0.25, 0.3) is 11.0 Å². The van der Waals surface area contributed by atoms with Gasteiger partial charge in [-0.2, -0.15) is 0 Å². The van der Waals surface area contributed by atoms with Crippen LogP contribution in [0.15, 0.2) is 39.5 Å². The minimum absolute atomic E-state index is 0.160. The quantitative estimate of drug-likeness (QED) is 0.605. The van der Waals surface area contributed by atoms with Gasteiger partial charge in [0, 0.05) is 17.0 Å². The van der Waals surface area contributed by atoms with E-state index in [1.54, 1.807) is 24.3 Å². The van der Waals surface area contributed by atoms with Gasteiger partial charge >= 0.3 is 5.63 Å². The molecular formula is C21H20O9. The summed E-state index contributed by atoms with van der Waals surface area (Å²) in [7, 11) is 4.29. The van der Waals surface area contributed by atoms with Crippen molar-refractivity contribution >= 4 is 11.0 Å². The highest BCUT2D eigenvalue weighted by Crippen LogP contribution is 2.50. The van der Waals surface area contributed by atoms with E-state index in [9.17, 15) is 15.0 Å². The van der Waals surface area contributed by atoms with Crippen LogP contribution in [0.4, 0.5) is 0 Å². The van der Waals surface area contributed by atoms with Crippen LogP contribution >= 0.6 is 0 Å². The first-order valence-corrected chi connectivity index (χ1v) is 9.04. The molecule has 30 heavy (non-hydrogen) atoms. The molecule has 0 amide bonds. The number of fused-ring (bicyclic) bond motifs is 3. The van der Waals surface area contributed by atoms with E-state index in [2.05, 4.69) is 0 Å². The van der Waals surface area contributed by atoms with Crippen molar-refractivity contribution < 1.29 is 38.3 Å². The summed E-state index contributed by atoms with van der Waals surface area (Å²) in [5, 5.41) is 20.7. The predicted octanol–water partition coefficient (Wildman–Crippen LogP) is 2.40. The maximum atomic E-state index is 11.7. The van der Waals surface area contributed by atoms with Crippen LogP contribution in [0.3, 0.4) is 0 Å². The molecule has 0 bridgehead atoms. The van der Waals surface area contributed by atoms with E-state index >= 15 is 0 Å². The molecule has 158 valence electrons. The first-order valence-electron chi connectivity index (χ1n) is 9.04. The Morgan fingerprint density at radius 3 is 2.20 bits per heavy atom. The van der Waals surface area contributed by atoms with Crippen molar-refractivity contribution in [3.63, 3.8) is 0 Å². The zero-order valence-corrected chi connectivity index (χ0v) is 16.5. The highest BCUT2D eigenvalue weighted by atomic mass is 16.6. The van der Waals surface area contributed by atoms with Crippen LogP contribution in [-0.2, 0) is 0 Å². The van der Waals surface area contributed by atoms with Gasteiger partial charge in [-0.3, -0.25) is 0 Å². The molecule has 1 aliphatic heterocycles. The Labute approximate surface area is 170 Å². The maximum Gasteiger partial charge on any atom is 0.336 e. The fraction of sp³-hybridized carbons (Fsp3) is 0.286. The highest BCUT2D eigenvalue weighted by molar-refractivity contribution is 5.88. The molecule has 2 aromatic carbocycles. The number of hydrogen-bond acceptors (Lipinski definition) is 9. The molecule has 3 aromatic rings. The summed E-state index contributed by atoms with van der Waals surface area (Å²) in [5.41, 5.74) is 0.174. The average molecular weight is 416 g/mol. The van der Waals surface area contributed by atoms with Gasteiger partial charge in [-0.1, -0.05) is 0 Å². The van der Waals surface area contributed by atoms with Gasteiger partial charge in [-0.25, -0.2) is 4.79 Å². The van der Waals surface area contributed by atoms with Crippen molar-refractivity contribution in [2.75, 3.05) is 27.9 Å². The van der Waals surface area contributed by atoms with Gasteiger partial charge in [-0.05, 0) is 24.3 Å². The number of methoxy groups -OCH3 is 3. The Morgan fingerprint density at radius 1 is 0.933 bits per heavy atom. The number of rotatable bonds is 5. The van der Waals surface area contributed by atoms with E-state index in [0.717, 1.165) is 0 Å². The lowest BCUT2D eigenvalue weighted by Crippen LogP contribution is -2.36. The van der Waals surface area contributed by atoms with Gasteiger partial charge in [0.25, 0.3) is 0 Å². The third-order valence-electron chi connectivity index (χ3n) is 4.87. The number of benzene rings is 2. The maximum absolute atomic E-state index is 11.7. The molecule has 1 aliphatic rings. The number of aliphatic hydroxyl groups is 1. The van der Waals surface area contributed by atoms with Crippen LogP contribution in [0, 0.1) is 0 Å². The first kappa shape index (κ1) is 19.7. The summed E-state index contributed by atoms with van der Waals surface area (Å²) in [4.78, 5) is 11.7. The van der Waals surface area contributed by atoms with Crippen LogP contribution in [0.1, 0.15) is 11.7 Å². The standard InChI is InChI=1S/C21H20O9/c1-25-12-7-11(8-13(26-2)17(12)24)18-15(9-22)28-21-19-10(4-5-16(23)29-19)6-14(27-3)20(21)30-18/h4-8,15,18,22,24H,9H2,1-3H3/t15-,18?/m1/s1. The molecule has 0 saturated carbocycles. The van der Waals surface area contributed by atoms with Gasteiger partial charge in [-0.15, -0.1) is 0 Å². The van der Waals surface area contributed by atoms with Crippen LogP contribution in [-0.4, -0.2) is 44.3 Å². The molecular weight excluding hydrogens is 396 g/mol. The molecule has 2 N–H and O–H groups in total. The topological polar surface area (TPSA) is 117 Å². The van der Waals surface area contributed by atoms with Gasteiger partial charge in [0.05, 0.1) is 27.9 Å². The van der Waals surface area contributed by atoms with Gasteiger partial charge in [0.1, 0.15) is 0 Å². The van der Waals surface area contributed by atoms with Crippen molar-refractivity contribution in [1.82, 2.24) is 0 Å². The summed E-state index contributed by atoms with van der Waals surface area (Å²) < 4.78 is 33.3. The smallest absolute Gasteiger partial charge is 0.336 e. The van der Waals surface area contributed by atoms with Crippen LogP contribution in [0.2, 0.25) is 0 Å². The molecule has 0 aliphatic carbocycles. The van der Waals surface area contributed by atoms with E-state index in [0.29, 0.717) is 16.7 Å². The molecule has 0 saturated heterocycles. The van der Waals surface area contributed by atoms with E-state index in [-0.39, 0.29) is 34.3 Å². The second-order valence-electron chi connectivity index (χ2n) is 6.56. The number of hydrogen-bond donors (Lipinski definition) is 2. The van der Waals surface area contributed by atoms with E-state index < -0.39 is 24.4 Å². The lowest BCUT2D eigenvalue weighted by molar-refractivity contribution is -0.0136. The molecule has 1 unspecified atom stereocenters. The SMILES string of the molecule is COc1cc(C2Oc3c(OC)cc4ccc(=O)oc4c3O[C@@H]2CO)cc(OC)c1O. The molecule has 0 fully saturated rings. The van der Waals surface area contributed by atoms with Crippen molar-refractivity contribution in [3.05, 3.63) is 46.3 Å². The summed E-state index contributed by atoms with van der Waals surface area (Å²) in [6, 6.07) is 7.66. The zero-order chi connectivity index (χ0) is 21.4. The van der Waals surface area contributed by atoms with E-state index in [1.165, 1.54) is 27.4 Å². The normalized spacial score (nSPS) is 17.6. The Bertz CT molecular complexity index is 1130. The van der Waals surface area contributed by atoms with Crippen molar-refractivity contribution in [2.24, 2.45) is 0 Å². The number of aromatic hydroxyl groups is 1. The second kappa shape index (κ2) is 7.68. The van der Waals surface area contributed by atoms with Crippen molar-refractivity contribution in [1.29, 1.82) is 0 Å². The Hall–Kier alpha value is -3.59. The Morgan fingerprint density at radius 2 is 1.60 bits per heavy atom. The monoisotopic (exact) mass is 416 g/mol. The number of aliphatic hydroxyl groups excluding tert-OH is 1. The third-order valence-corrected chi connectivity index (χ3v) is 4.87. The number of phenolic OH excluding ortho intramolecular Hbond substituents is 1. The fourth-order valence-electron chi connectivity index (χ4n) is 3.42. The second-order valence-corrected chi connectivity index (χ2v) is 6.56. The van der Waals surface area contributed by atoms with Gasteiger partial charge in [0.2, 0.25) is 17.2 Å². The summed E-state index contributed by atoms with van der Waals surface area (Å²) in [5.74, 6) is 0.936. The lowest BCUT2D eigenvalue weighted by atomic mass is 10.0. The molecule has 4 rings (SSSR count). The molecule has 9 nitrogen and oxygen atoms in total. The van der Waals surface area contributed by atoms with Crippen molar-refractivity contribution in [3.8, 4) is 34.5 Å². The van der Waals surface area contributed by atoms with Gasteiger partial charge < -0.3 is 38.3 Å². The minimum Gasteiger partial charge on any atom is -0.502 e. The van der Waals surface area contributed by atoms with E-state index in [4.69, 9.17) is 28.1 Å². The first-order chi connectivity index (χ1) is 14.5. The van der Waals surface area contributed by atoms with Crippen molar-refractivity contribution in [2.45, 2.75) is 12.2 Å². The molecule has 9 heteroatoms. The fourth-order valence-corrected chi connectivity index (χ4v) is 3.42. The zero-order valence-electron chi connectivity index (χ0n) is 16.5. The Balaban J connectivity index is 1.89. The third kappa shape index (κ3) is 3.13.